The smallest absolute Gasteiger partial charge is 0.227 e. The molecule has 2 heterocycles. The van der Waals surface area contributed by atoms with Crippen LogP contribution in [-0.4, -0.2) is 80.4 Å². The number of carbonyl (C=O) groups is 2. The quantitative estimate of drug-likeness (QED) is 0.299. The molecule has 2 saturated heterocycles. The van der Waals surface area contributed by atoms with Crippen LogP contribution in [0.5, 0.6) is 0 Å². The molecule has 1 aliphatic carbocycles. The summed E-state index contributed by atoms with van der Waals surface area (Å²) in [5, 5.41) is 6.74. The lowest BCUT2D eigenvalue weighted by molar-refractivity contribution is -0.139. The molecule has 3 aliphatic rings. The average molecular weight is 569 g/mol. The molecule has 0 unspecified atom stereocenters. The molecule has 2 N–H and O–H groups in total. The Morgan fingerprint density at radius 1 is 1.03 bits per heavy atom. The van der Waals surface area contributed by atoms with Gasteiger partial charge in [-0.1, -0.05) is 18.6 Å². The first kappa shape index (κ1) is 25.7. The van der Waals surface area contributed by atoms with E-state index in [-0.39, 0.29) is 29.9 Å². The summed E-state index contributed by atoms with van der Waals surface area (Å²) in [4.78, 5) is 34.9. The van der Waals surface area contributed by atoms with Crippen LogP contribution < -0.4 is 15.5 Å². The third-order valence-electron chi connectivity index (χ3n) is 6.86. The van der Waals surface area contributed by atoms with Crippen molar-refractivity contribution in [3.63, 3.8) is 0 Å². The van der Waals surface area contributed by atoms with Gasteiger partial charge in [0.1, 0.15) is 0 Å². The maximum absolute atomic E-state index is 12.4. The standard InChI is InChI=1S/C24H36N6O2.HI/c1-25-24(27-18-19-7-9-21(10-8-19)30-12-3-6-22(30)31)26-11-13-28-14-16-29(17-15-28)23(32)20-4-2-5-20;/h7-10,20H,2-6,11-18H2,1H3,(H2,25,26,27);1H. The van der Waals surface area contributed by atoms with Crippen LogP contribution in [0.2, 0.25) is 0 Å². The number of aliphatic imine (C=N–C) groups is 1. The van der Waals surface area contributed by atoms with Crippen LogP contribution in [0.4, 0.5) is 5.69 Å². The molecule has 2 amide bonds. The third-order valence-corrected chi connectivity index (χ3v) is 6.86. The Balaban J connectivity index is 0.00000306. The van der Waals surface area contributed by atoms with Crippen molar-refractivity contribution in [2.45, 2.75) is 38.6 Å². The largest absolute Gasteiger partial charge is 0.355 e. The molecule has 9 heteroatoms. The maximum Gasteiger partial charge on any atom is 0.227 e. The van der Waals surface area contributed by atoms with Gasteiger partial charge in [-0.2, -0.15) is 0 Å². The molecule has 1 aromatic carbocycles. The Morgan fingerprint density at radius 2 is 1.76 bits per heavy atom. The summed E-state index contributed by atoms with van der Waals surface area (Å²) in [5.74, 6) is 1.67. The van der Waals surface area contributed by atoms with Crippen molar-refractivity contribution in [2.24, 2.45) is 10.9 Å². The fraction of sp³-hybridized carbons (Fsp3) is 0.625. The predicted octanol–water partition coefficient (Wildman–Crippen LogP) is 2.04. The first-order valence-electron chi connectivity index (χ1n) is 12.0. The number of hydrogen-bond donors (Lipinski definition) is 2. The van der Waals surface area contributed by atoms with Crippen molar-refractivity contribution < 1.29 is 9.59 Å². The number of halogens is 1. The molecular weight excluding hydrogens is 531 g/mol. The molecule has 0 bridgehead atoms. The van der Waals surface area contributed by atoms with E-state index in [0.717, 1.165) is 82.3 Å². The molecule has 1 saturated carbocycles. The summed E-state index contributed by atoms with van der Waals surface area (Å²) >= 11 is 0. The lowest BCUT2D eigenvalue weighted by Gasteiger charge is -2.38. The van der Waals surface area contributed by atoms with E-state index < -0.39 is 0 Å². The third kappa shape index (κ3) is 6.81. The molecule has 1 aromatic rings. The van der Waals surface area contributed by atoms with Crippen LogP contribution in [0.3, 0.4) is 0 Å². The minimum atomic E-state index is 0. The zero-order valence-electron chi connectivity index (χ0n) is 19.6. The van der Waals surface area contributed by atoms with Gasteiger partial charge in [0.2, 0.25) is 11.8 Å². The Labute approximate surface area is 214 Å². The van der Waals surface area contributed by atoms with Gasteiger partial charge in [0.15, 0.2) is 5.96 Å². The minimum Gasteiger partial charge on any atom is -0.355 e. The molecule has 8 nitrogen and oxygen atoms in total. The van der Waals surface area contributed by atoms with Crippen molar-refractivity contribution in [1.82, 2.24) is 20.4 Å². The van der Waals surface area contributed by atoms with E-state index in [1.54, 1.807) is 7.05 Å². The van der Waals surface area contributed by atoms with Gasteiger partial charge in [-0.05, 0) is 37.0 Å². The second kappa shape index (κ2) is 12.5. The highest BCUT2D eigenvalue weighted by Gasteiger charge is 2.31. The van der Waals surface area contributed by atoms with E-state index in [4.69, 9.17) is 0 Å². The molecule has 33 heavy (non-hydrogen) atoms. The van der Waals surface area contributed by atoms with Gasteiger partial charge in [0.25, 0.3) is 0 Å². The Morgan fingerprint density at radius 3 is 2.33 bits per heavy atom. The Bertz CT molecular complexity index is 819. The summed E-state index contributed by atoms with van der Waals surface area (Å²) in [5.41, 5.74) is 2.13. The van der Waals surface area contributed by atoms with Gasteiger partial charge in [-0.25, -0.2) is 0 Å². The van der Waals surface area contributed by atoms with Crippen LogP contribution >= 0.6 is 24.0 Å². The van der Waals surface area contributed by atoms with Crippen LogP contribution in [0.1, 0.15) is 37.7 Å². The predicted molar refractivity (Wildman–Crippen MR) is 142 cm³/mol. The van der Waals surface area contributed by atoms with E-state index in [1.165, 1.54) is 6.42 Å². The molecule has 2 aliphatic heterocycles. The number of piperazine rings is 1. The highest BCUT2D eigenvalue weighted by molar-refractivity contribution is 14.0. The van der Waals surface area contributed by atoms with Gasteiger partial charge in [-0.15, -0.1) is 24.0 Å². The fourth-order valence-corrected chi connectivity index (χ4v) is 4.56. The monoisotopic (exact) mass is 568 g/mol. The molecule has 0 aromatic heterocycles. The fourth-order valence-electron chi connectivity index (χ4n) is 4.56. The number of nitrogens with zero attached hydrogens (tertiary/aromatic N) is 4. The number of benzene rings is 1. The van der Waals surface area contributed by atoms with Gasteiger partial charge in [0.05, 0.1) is 0 Å². The SMILES string of the molecule is CN=C(NCCN1CCN(C(=O)C2CCC2)CC1)NCc1ccc(N2CCCC2=O)cc1.I. The molecule has 0 radical (unpaired) electrons. The summed E-state index contributed by atoms with van der Waals surface area (Å²) in [7, 11) is 1.78. The lowest BCUT2D eigenvalue weighted by atomic mass is 9.84. The van der Waals surface area contributed by atoms with E-state index >= 15 is 0 Å². The average Bonchev–Trinajstić information content (AvgIpc) is 3.21. The van der Waals surface area contributed by atoms with Crippen molar-refractivity contribution >= 4 is 47.4 Å². The number of hydrogen-bond acceptors (Lipinski definition) is 4. The molecule has 0 atom stereocenters. The number of amides is 2. The second-order valence-electron chi connectivity index (χ2n) is 8.96. The van der Waals surface area contributed by atoms with E-state index in [9.17, 15) is 9.59 Å². The lowest BCUT2D eigenvalue weighted by Crippen LogP contribution is -2.52. The van der Waals surface area contributed by atoms with E-state index in [2.05, 4.69) is 37.6 Å². The first-order valence-corrected chi connectivity index (χ1v) is 12.0. The molecule has 3 fully saturated rings. The summed E-state index contributed by atoms with van der Waals surface area (Å²) in [6.45, 7) is 6.82. The topological polar surface area (TPSA) is 80.3 Å². The van der Waals surface area contributed by atoms with E-state index in [0.29, 0.717) is 24.8 Å². The second-order valence-corrected chi connectivity index (χ2v) is 8.96. The van der Waals surface area contributed by atoms with Gasteiger partial charge in [-0.3, -0.25) is 19.5 Å². The molecule has 0 spiro atoms. The first-order chi connectivity index (χ1) is 15.6. The van der Waals surface area contributed by atoms with Crippen molar-refractivity contribution in [1.29, 1.82) is 0 Å². The number of anilines is 1. The molecule has 182 valence electrons. The summed E-state index contributed by atoms with van der Waals surface area (Å²) in [6.07, 6.45) is 4.97. The highest BCUT2D eigenvalue weighted by atomic mass is 127. The normalized spacial score (nSPS) is 19.8. The number of carbonyl (C=O) groups excluding carboxylic acids is 2. The Kier molecular flexibility index (Phi) is 9.78. The minimum absolute atomic E-state index is 0. The number of nitrogens with one attached hydrogen (secondary N) is 2. The van der Waals surface area contributed by atoms with E-state index in [1.807, 2.05) is 17.0 Å². The Hall–Kier alpha value is -1.88. The number of guanidine groups is 1. The number of rotatable bonds is 7. The highest BCUT2D eigenvalue weighted by Crippen LogP contribution is 2.28. The zero-order valence-corrected chi connectivity index (χ0v) is 21.9. The maximum atomic E-state index is 12.4. The van der Waals surface area contributed by atoms with Crippen LogP contribution in [0.25, 0.3) is 0 Å². The van der Waals surface area contributed by atoms with Crippen molar-refractivity contribution in [2.75, 3.05) is 57.8 Å². The van der Waals surface area contributed by atoms with Crippen LogP contribution in [0, 0.1) is 5.92 Å². The van der Waals surface area contributed by atoms with Crippen molar-refractivity contribution in [3.05, 3.63) is 29.8 Å². The van der Waals surface area contributed by atoms with Gasteiger partial charge < -0.3 is 20.4 Å². The van der Waals surface area contributed by atoms with Crippen LogP contribution in [0.15, 0.2) is 29.3 Å². The molecular formula is C24H37IN6O2. The van der Waals surface area contributed by atoms with Crippen LogP contribution in [-0.2, 0) is 16.1 Å². The molecule has 4 rings (SSSR count). The summed E-state index contributed by atoms with van der Waals surface area (Å²) < 4.78 is 0. The van der Waals surface area contributed by atoms with Gasteiger partial charge in [0, 0.05) is 77.4 Å². The van der Waals surface area contributed by atoms with Crippen molar-refractivity contribution in [3.8, 4) is 0 Å². The zero-order chi connectivity index (χ0) is 22.3. The summed E-state index contributed by atoms with van der Waals surface area (Å²) in [6, 6.07) is 8.16. The van der Waals surface area contributed by atoms with Gasteiger partial charge >= 0.3 is 0 Å².